The van der Waals surface area contributed by atoms with Crippen LogP contribution in [0, 0.1) is 19.7 Å². The Hall–Kier alpha value is -5.48. The molecule has 2 heterocycles. The number of ether oxygens (including phenoxy) is 2. The lowest BCUT2D eigenvalue weighted by atomic mass is 10.1. The second kappa shape index (κ2) is 13.7. The van der Waals surface area contributed by atoms with E-state index in [0.717, 1.165) is 37.3 Å². The number of hydrogen-bond acceptors (Lipinski definition) is 8. The molecule has 10 heteroatoms. The Morgan fingerprint density at radius 1 is 0.804 bits per heavy atom. The molecule has 1 amide bonds. The van der Waals surface area contributed by atoms with Crippen LogP contribution in [0.1, 0.15) is 21.5 Å². The number of para-hydroxylation sites is 2. The van der Waals surface area contributed by atoms with Gasteiger partial charge in [0.2, 0.25) is 11.8 Å². The number of piperazine rings is 1. The average Bonchev–Trinajstić information content (AvgIpc) is 3.05. The number of nitrogens with zero attached hydrogens (tertiary/aromatic N) is 4. The Bertz CT molecular complexity index is 1810. The average molecular weight is 619 g/mol. The van der Waals surface area contributed by atoms with Gasteiger partial charge in [0.1, 0.15) is 28.6 Å². The van der Waals surface area contributed by atoms with Gasteiger partial charge in [-0.1, -0.05) is 36.4 Å². The summed E-state index contributed by atoms with van der Waals surface area (Å²) in [5.74, 6) is 1.19. The Labute approximate surface area is 267 Å². The van der Waals surface area contributed by atoms with Crippen LogP contribution in [-0.2, 0) is 0 Å². The first-order valence-electron chi connectivity index (χ1n) is 15.1. The van der Waals surface area contributed by atoms with Gasteiger partial charge in [-0.25, -0.2) is 9.37 Å². The highest BCUT2D eigenvalue weighted by atomic mass is 19.1. The third-order valence-electron chi connectivity index (χ3n) is 7.78. The number of aromatic nitrogens is 2. The molecular weight excluding hydrogens is 583 g/mol. The van der Waals surface area contributed by atoms with E-state index in [1.54, 1.807) is 36.4 Å². The summed E-state index contributed by atoms with van der Waals surface area (Å²) in [5.41, 5.74) is 3.71. The van der Waals surface area contributed by atoms with Gasteiger partial charge >= 0.3 is 0 Å². The number of nitrogens with one attached hydrogen (secondary N) is 2. The van der Waals surface area contributed by atoms with Crippen molar-refractivity contribution in [2.45, 2.75) is 13.8 Å². The third-order valence-corrected chi connectivity index (χ3v) is 7.78. The van der Waals surface area contributed by atoms with Crippen LogP contribution in [0.4, 0.5) is 27.4 Å². The highest BCUT2D eigenvalue weighted by Crippen LogP contribution is 2.31. The number of aryl methyl sites for hydroxylation is 2. The van der Waals surface area contributed by atoms with E-state index in [9.17, 15) is 4.79 Å². The Morgan fingerprint density at radius 2 is 1.46 bits per heavy atom. The minimum atomic E-state index is -0.425. The topological polar surface area (TPSA) is 91.9 Å². The Morgan fingerprint density at radius 3 is 2.13 bits per heavy atom. The molecule has 0 aliphatic carbocycles. The molecule has 1 aliphatic heterocycles. The van der Waals surface area contributed by atoms with Gasteiger partial charge in [0, 0.05) is 43.8 Å². The lowest BCUT2D eigenvalue weighted by Gasteiger charge is -2.34. The van der Waals surface area contributed by atoms with Gasteiger partial charge in [-0.3, -0.25) is 4.79 Å². The Kier molecular flexibility index (Phi) is 9.07. The molecule has 234 valence electrons. The fourth-order valence-electron chi connectivity index (χ4n) is 5.18. The molecular formula is C36H35FN6O3. The van der Waals surface area contributed by atoms with Crippen molar-refractivity contribution in [3.63, 3.8) is 0 Å². The van der Waals surface area contributed by atoms with Crippen LogP contribution in [0.5, 0.6) is 23.1 Å². The number of carbonyl (C=O) groups is 1. The molecule has 0 saturated carbocycles. The third kappa shape index (κ3) is 7.24. The van der Waals surface area contributed by atoms with Crippen molar-refractivity contribution < 1.29 is 18.7 Å². The molecule has 1 aromatic heterocycles. The summed E-state index contributed by atoms with van der Waals surface area (Å²) >= 11 is 0. The van der Waals surface area contributed by atoms with Crippen LogP contribution in [0.25, 0.3) is 0 Å². The van der Waals surface area contributed by atoms with E-state index in [4.69, 9.17) is 9.47 Å². The fraction of sp³-hybridized carbons (Fsp3) is 0.194. The fourth-order valence-corrected chi connectivity index (χ4v) is 5.18. The normalized spacial score (nSPS) is 13.3. The zero-order valence-corrected chi connectivity index (χ0v) is 26.0. The maximum atomic E-state index is 15.2. The minimum Gasteiger partial charge on any atom is -0.457 e. The zero-order valence-electron chi connectivity index (χ0n) is 26.0. The van der Waals surface area contributed by atoms with Gasteiger partial charge in [0.15, 0.2) is 0 Å². The molecule has 46 heavy (non-hydrogen) atoms. The molecule has 6 rings (SSSR count). The van der Waals surface area contributed by atoms with Crippen molar-refractivity contribution >= 4 is 28.9 Å². The van der Waals surface area contributed by atoms with Crippen molar-refractivity contribution in [1.29, 1.82) is 0 Å². The lowest BCUT2D eigenvalue weighted by Crippen LogP contribution is -2.44. The van der Waals surface area contributed by atoms with Gasteiger partial charge in [0.05, 0.1) is 5.69 Å². The standard InChI is InChI=1S/C36H35FN6O3/c1-24-8-7-9-25(2)33(24)40-34(44)30-23-38-36(39-26-12-17-32(31(37)22-26)43-20-18-42(3)19-21-43)41-35(30)46-29-15-13-28(14-16-29)45-27-10-5-4-6-11-27/h4-17,22-23H,18-21H2,1-3H3,(H,40,44)(H,38,39,41). The lowest BCUT2D eigenvalue weighted by molar-refractivity contribution is 0.102. The molecule has 2 N–H and O–H groups in total. The molecule has 0 atom stereocenters. The van der Waals surface area contributed by atoms with Crippen LogP contribution in [0.3, 0.4) is 0 Å². The van der Waals surface area contributed by atoms with Crippen LogP contribution < -0.4 is 25.0 Å². The van der Waals surface area contributed by atoms with Crippen molar-refractivity contribution in [1.82, 2.24) is 14.9 Å². The molecule has 4 aromatic carbocycles. The number of benzene rings is 4. The van der Waals surface area contributed by atoms with Crippen LogP contribution in [-0.4, -0.2) is 54.0 Å². The monoisotopic (exact) mass is 618 g/mol. The van der Waals surface area contributed by atoms with E-state index >= 15 is 4.39 Å². The summed E-state index contributed by atoms with van der Waals surface area (Å²) in [7, 11) is 2.06. The minimum absolute atomic E-state index is 0.0347. The highest BCUT2D eigenvalue weighted by molar-refractivity contribution is 6.06. The predicted octanol–water partition coefficient (Wildman–Crippen LogP) is 7.56. The number of amides is 1. The molecule has 5 aromatic rings. The largest absolute Gasteiger partial charge is 0.457 e. The van der Waals surface area contributed by atoms with Gasteiger partial charge in [-0.2, -0.15) is 4.98 Å². The number of anilines is 4. The van der Waals surface area contributed by atoms with Crippen LogP contribution in [0.2, 0.25) is 0 Å². The maximum absolute atomic E-state index is 15.2. The van der Waals surface area contributed by atoms with Crippen molar-refractivity contribution in [2.75, 3.05) is 48.8 Å². The zero-order chi connectivity index (χ0) is 32.0. The van der Waals surface area contributed by atoms with Crippen molar-refractivity contribution in [2.24, 2.45) is 0 Å². The van der Waals surface area contributed by atoms with E-state index in [1.165, 1.54) is 12.3 Å². The maximum Gasteiger partial charge on any atom is 0.262 e. The van der Waals surface area contributed by atoms with E-state index in [-0.39, 0.29) is 23.2 Å². The number of carbonyl (C=O) groups excluding carboxylic acids is 1. The first-order chi connectivity index (χ1) is 22.3. The molecule has 9 nitrogen and oxygen atoms in total. The second-order valence-electron chi connectivity index (χ2n) is 11.2. The molecule has 0 radical (unpaired) electrons. The summed E-state index contributed by atoms with van der Waals surface area (Å²) in [4.78, 5) is 26.7. The van der Waals surface area contributed by atoms with E-state index in [2.05, 4.69) is 32.5 Å². The van der Waals surface area contributed by atoms with E-state index in [0.29, 0.717) is 34.3 Å². The summed E-state index contributed by atoms with van der Waals surface area (Å²) in [5, 5.41) is 6.04. The SMILES string of the molecule is Cc1cccc(C)c1NC(=O)c1cnc(Nc2ccc(N3CCN(C)CC3)c(F)c2)nc1Oc1ccc(Oc2ccccc2)cc1. The summed E-state index contributed by atoms with van der Waals surface area (Å²) < 4.78 is 27.2. The molecule has 1 aliphatic rings. The number of likely N-dealkylation sites (N-methyl/N-ethyl adjacent to an activating group) is 1. The summed E-state index contributed by atoms with van der Waals surface area (Å²) in [6.07, 6.45) is 1.40. The number of hydrogen-bond donors (Lipinski definition) is 2. The first-order valence-corrected chi connectivity index (χ1v) is 15.1. The predicted molar refractivity (Wildman–Crippen MR) is 178 cm³/mol. The van der Waals surface area contributed by atoms with E-state index < -0.39 is 5.91 Å². The van der Waals surface area contributed by atoms with Gasteiger partial charge in [-0.05, 0) is 86.6 Å². The Balaban J connectivity index is 1.25. The van der Waals surface area contributed by atoms with Gasteiger partial charge < -0.3 is 29.9 Å². The quantitative estimate of drug-likeness (QED) is 0.175. The highest BCUT2D eigenvalue weighted by Gasteiger charge is 2.21. The van der Waals surface area contributed by atoms with Gasteiger partial charge in [0.25, 0.3) is 5.91 Å². The molecule has 0 bridgehead atoms. The first kappa shape index (κ1) is 30.5. The molecule has 1 saturated heterocycles. The van der Waals surface area contributed by atoms with Crippen molar-refractivity contribution in [3.05, 3.63) is 120 Å². The number of halogens is 1. The smallest absolute Gasteiger partial charge is 0.262 e. The van der Waals surface area contributed by atoms with Crippen molar-refractivity contribution in [3.8, 4) is 23.1 Å². The summed E-state index contributed by atoms with van der Waals surface area (Å²) in [6.45, 7) is 7.13. The van der Waals surface area contributed by atoms with E-state index in [1.807, 2.05) is 67.3 Å². The number of rotatable bonds is 9. The second-order valence-corrected chi connectivity index (χ2v) is 11.2. The molecule has 0 spiro atoms. The van der Waals surface area contributed by atoms with Gasteiger partial charge in [-0.15, -0.1) is 0 Å². The van der Waals surface area contributed by atoms with Crippen LogP contribution in [0.15, 0.2) is 97.2 Å². The van der Waals surface area contributed by atoms with Crippen LogP contribution >= 0.6 is 0 Å². The molecule has 1 fully saturated rings. The molecule has 0 unspecified atom stereocenters. The summed E-state index contributed by atoms with van der Waals surface area (Å²) in [6, 6.07) is 27.2.